The Labute approximate surface area is 149 Å². The number of aliphatic imine (C=N–C) groups is 1. The van der Waals surface area contributed by atoms with Crippen LogP contribution in [0.25, 0.3) is 0 Å². The van der Waals surface area contributed by atoms with E-state index in [1.165, 1.54) is 0 Å². The lowest BCUT2D eigenvalue weighted by Crippen LogP contribution is -2.64. The summed E-state index contributed by atoms with van der Waals surface area (Å²) in [7, 11) is 1.71. The van der Waals surface area contributed by atoms with E-state index in [4.69, 9.17) is 0 Å². The molecule has 0 N–H and O–H groups in total. The highest BCUT2D eigenvalue weighted by molar-refractivity contribution is 5.78. The summed E-state index contributed by atoms with van der Waals surface area (Å²) in [5.74, 6) is -3.41. The van der Waals surface area contributed by atoms with Crippen LogP contribution in [0.4, 0.5) is 13.6 Å². The van der Waals surface area contributed by atoms with Crippen LogP contribution in [0.3, 0.4) is 0 Å². The van der Waals surface area contributed by atoms with E-state index in [0.717, 1.165) is 38.6 Å². The van der Waals surface area contributed by atoms with Crippen LogP contribution in [-0.4, -0.2) is 78.2 Å². The highest BCUT2D eigenvalue weighted by atomic mass is 19.3. The first-order valence-corrected chi connectivity index (χ1v) is 9.12. The molecular formula is C18H30F2N4O. The molecule has 3 aliphatic heterocycles. The average Bonchev–Trinajstić information content (AvgIpc) is 2.76. The average molecular weight is 356 g/mol. The number of amides is 2. The van der Waals surface area contributed by atoms with Crippen LogP contribution >= 0.6 is 0 Å². The molecule has 7 heteroatoms. The third kappa shape index (κ3) is 3.96. The predicted octanol–water partition coefficient (Wildman–Crippen LogP) is 3.08. The van der Waals surface area contributed by atoms with Gasteiger partial charge in [-0.1, -0.05) is 20.4 Å². The number of fused-ring (bicyclic) bond motifs is 2. The van der Waals surface area contributed by atoms with Gasteiger partial charge in [0.25, 0.3) is 5.92 Å². The smallest absolute Gasteiger partial charge is 0.320 e. The molecule has 3 rings (SSSR count). The van der Waals surface area contributed by atoms with E-state index in [-0.39, 0.29) is 31.2 Å². The zero-order valence-electron chi connectivity index (χ0n) is 15.7. The second-order valence-corrected chi connectivity index (χ2v) is 6.92. The first-order valence-electron chi connectivity index (χ1n) is 9.12. The number of hydrogen-bond donors (Lipinski definition) is 0. The topological polar surface area (TPSA) is 39.1 Å². The number of urea groups is 1. The van der Waals surface area contributed by atoms with Gasteiger partial charge in [0.05, 0.1) is 18.0 Å². The van der Waals surface area contributed by atoms with Gasteiger partial charge in [0, 0.05) is 45.1 Å². The van der Waals surface area contributed by atoms with Crippen molar-refractivity contribution in [3.8, 4) is 0 Å². The minimum atomic E-state index is -2.70. The number of carbonyl (C=O) groups is 1. The van der Waals surface area contributed by atoms with Crippen molar-refractivity contribution in [2.75, 3.05) is 33.2 Å². The molecule has 25 heavy (non-hydrogen) atoms. The van der Waals surface area contributed by atoms with Crippen molar-refractivity contribution < 1.29 is 13.6 Å². The molecule has 0 aromatic heterocycles. The molecule has 2 bridgehead atoms. The summed E-state index contributed by atoms with van der Waals surface area (Å²) in [4.78, 5) is 22.3. The summed E-state index contributed by atoms with van der Waals surface area (Å²) < 4.78 is 26.5. The molecule has 2 atom stereocenters. The van der Waals surface area contributed by atoms with E-state index in [1.807, 2.05) is 18.7 Å². The number of likely N-dealkylation sites (tertiary alicyclic amines) is 2. The largest absolute Gasteiger partial charge is 0.367 e. The fourth-order valence-corrected chi connectivity index (χ4v) is 3.80. The molecule has 0 saturated carbocycles. The van der Waals surface area contributed by atoms with Gasteiger partial charge in [0.2, 0.25) is 0 Å². The van der Waals surface area contributed by atoms with E-state index in [2.05, 4.69) is 16.5 Å². The molecule has 2 amide bonds. The quantitative estimate of drug-likeness (QED) is 0.729. The summed E-state index contributed by atoms with van der Waals surface area (Å²) in [6.45, 7) is 10.8. The van der Waals surface area contributed by atoms with Gasteiger partial charge in [-0.15, -0.1) is 0 Å². The van der Waals surface area contributed by atoms with Gasteiger partial charge < -0.3 is 14.7 Å². The Kier molecular flexibility index (Phi) is 6.06. The van der Waals surface area contributed by atoms with Crippen LogP contribution in [0.5, 0.6) is 0 Å². The molecule has 0 spiro atoms. The standard InChI is InChI=1S/C16H24F2N4O.C2H6/c1-11(6-19-3)20-9-13-4-5-14(10-20)22(13)15(23)21-7-12(8-21)16(2,17)18;1-2/h6,12-14H,1,4-5,7-10H2,2-3H3;1-2H3. The molecule has 3 heterocycles. The number of hydrogen-bond acceptors (Lipinski definition) is 3. The molecule has 0 aliphatic carbocycles. The molecule has 2 unspecified atom stereocenters. The lowest BCUT2D eigenvalue weighted by atomic mass is 9.94. The van der Waals surface area contributed by atoms with Crippen LogP contribution in [0.2, 0.25) is 0 Å². The number of allylic oxidation sites excluding steroid dienone is 1. The second kappa shape index (κ2) is 7.70. The molecule has 0 aromatic rings. The van der Waals surface area contributed by atoms with E-state index in [1.54, 1.807) is 18.2 Å². The van der Waals surface area contributed by atoms with Crippen molar-refractivity contribution in [2.45, 2.75) is 51.6 Å². The third-order valence-electron chi connectivity index (χ3n) is 5.26. The van der Waals surface area contributed by atoms with Gasteiger partial charge in [-0.25, -0.2) is 13.6 Å². The van der Waals surface area contributed by atoms with E-state index in [9.17, 15) is 13.6 Å². The normalized spacial score (nSPS) is 26.4. The first-order chi connectivity index (χ1) is 11.8. The Morgan fingerprint density at radius 2 is 1.64 bits per heavy atom. The maximum atomic E-state index is 13.2. The number of alkyl halides is 2. The van der Waals surface area contributed by atoms with Crippen molar-refractivity contribution in [3.05, 3.63) is 12.3 Å². The summed E-state index contributed by atoms with van der Waals surface area (Å²) in [6.07, 6.45) is 3.66. The summed E-state index contributed by atoms with van der Waals surface area (Å²) in [5.41, 5.74) is 0.867. The summed E-state index contributed by atoms with van der Waals surface area (Å²) >= 11 is 0. The minimum Gasteiger partial charge on any atom is -0.367 e. The lowest BCUT2D eigenvalue weighted by Gasteiger charge is -2.48. The molecule has 3 aliphatic rings. The maximum absolute atomic E-state index is 13.2. The molecular weight excluding hydrogens is 326 g/mol. The number of halogens is 2. The Morgan fingerprint density at radius 1 is 1.12 bits per heavy atom. The lowest BCUT2D eigenvalue weighted by molar-refractivity contribution is -0.0947. The second-order valence-electron chi connectivity index (χ2n) is 6.92. The molecule has 0 aromatic carbocycles. The monoisotopic (exact) mass is 356 g/mol. The van der Waals surface area contributed by atoms with Crippen LogP contribution in [0.15, 0.2) is 17.3 Å². The van der Waals surface area contributed by atoms with Crippen LogP contribution < -0.4 is 0 Å². The Bertz CT molecular complexity index is 512. The van der Waals surface area contributed by atoms with Crippen molar-refractivity contribution >= 4 is 12.2 Å². The van der Waals surface area contributed by atoms with Gasteiger partial charge in [-0.05, 0) is 19.8 Å². The molecule has 142 valence electrons. The maximum Gasteiger partial charge on any atom is 0.320 e. The van der Waals surface area contributed by atoms with E-state index < -0.39 is 11.8 Å². The van der Waals surface area contributed by atoms with Crippen molar-refractivity contribution in [1.82, 2.24) is 14.7 Å². The van der Waals surface area contributed by atoms with Crippen molar-refractivity contribution in [3.63, 3.8) is 0 Å². The van der Waals surface area contributed by atoms with Crippen LogP contribution in [0, 0.1) is 5.92 Å². The molecule has 3 fully saturated rings. The van der Waals surface area contributed by atoms with Gasteiger partial charge in [-0.2, -0.15) is 0 Å². The molecule has 0 radical (unpaired) electrons. The Balaban J connectivity index is 0.00000109. The van der Waals surface area contributed by atoms with Crippen molar-refractivity contribution in [2.24, 2.45) is 10.9 Å². The summed E-state index contributed by atoms with van der Waals surface area (Å²) in [5, 5.41) is 0. The number of carbonyl (C=O) groups excluding carboxylic acids is 1. The number of piperazine rings is 1. The zero-order chi connectivity index (χ0) is 18.8. The SMILES string of the molecule is C=C(C=NC)N1CC2CCC(C1)N2C(=O)N1CC(C(C)(F)F)C1.CC. The highest BCUT2D eigenvalue weighted by Gasteiger charge is 2.49. The fraction of sp³-hybridized carbons (Fsp3) is 0.778. The van der Waals surface area contributed by atoms with Gasteiger partial charge in [-0.3, -0.25) is 4.99 Å². The van der Waals surface area contributed by atoms with E-state index >= 15 is 0 Å². The van der Waals surface area contributed by atoms with Gasteiger partial charge >= 0.3 is 6.03 Å². The fourth-order valence-electron chi connectivity index (χ4n) is 3.80. The minimum absolute atomic E-state index is 0.0765. The predicted molar refractivity (Wildman–Crippen MR) is 96.2 cm³/mol. The van der Waals surface area contributed by atoms with Crippen LogP contribution in [0.1, 0.15) is 33.6 Å². The summed E-state index contributed by atoms with van der Waals surface area (Å²) in [6, 6.07) is 0.210. The van der Waals surface area contributed by atoms with Gasteiger partial charge in [0.15, 0.2) is 0 Å². The number of rotatable bonds is 3. The van der Waals surface area contributed by atoms with Crippen LogP contribution in [-0.2, 0) is 0 Å². The Morgan fingerprint density at radius 3 is 2.08 bits per heavy atom. The Hall–Kier alpha value is -1.66. The molecule has 5 nitrogen and oxygen atoms in total. The van der Waals surface area contributed by atoms with E-state index in [0.29, 0.717) is 0 Å². The molecule has 3 saturated heterocycles. The zero-order valence-corrected chi connectivity index (χ0v) is 15.7. The first kappa shape index (κ1) is 19.7. The van der Waals surface area contributed by atoms with Crippen molar-refractivity contribution in [1.29, 1.82) is 0 Å². The third-order valence-corrected chi connectivity index (χ3v) is 5.26. The highest BCUT2D eigenvalue weighted by Crippen LogP contribution is 2.36. The number of nitrogens with zero attached hydrogens (tertiary/aromatic N) is 4. The van der Waals surface area contributed by atoms with Gasteiger partial charge in [0.1, 0.15) is 0 Å².